The highest BCUT2D eigenvalue weighted by molar-refractivity contribution is 7.14. The van der Waals surface area contributed by atoms with Gasteiger partial charge in [0.05, 0.1) is 12.0 Å². The number of nitrogens with one attached hydrogen (secondary N) is 1. The fourth-order valence-corrected chi connectivity index (χ4v) is 3.00. The number of aryl methyl sites for hydroxylation is 2. The Balaban J connectivity index is 1.80. The third-order valence-corrected chi connectivity index (χ3v) is 4.35. The fraction of sp³-hybridized carbons (Fsp3) is 0.105. The van der Waals surface area contributed by atoms with Crippen LogP contribution in [0.5, 0.6) is 0 Å². The molecule has 3 rings (SSSR count). The van der Waals surface area contributed by atoms with E-state index >= 15 is 0 Å². The molecule has 124 valence electrons. The van der Waals surface area contributed by atoms with Crippen LogP contribution in [0.15, 0.2) is 52.0 Å². The molecular formula is C19H15N3O2S. The number of anilines is 1. The molecule has 6 heteroatoms. The number of benzene rings is 1. The maximum atomic E-state index is 12.3. The average molecular weight is 349 g/mol. The van der Waals surface area contributed by atoms with Crippen LogP contribution in [0.4, 0.5) is 5.13 Å². The molecule has 0 atom stereocenters. The Morgan fingerprint density at radius 2 is 2.20 bits per heavy atom. The zero-order valence-corrected chi connectivity index (χ0v) is 14.6. The number of carbonyl (C=O) groups is 1. The van der Waals surface area contributed by atoms with Gasteiger partial charge in [-0.3, -0.25) is 10.1 Å². The number of hydrogen-bond acceptors (Lipinski definition) is 5. The van der Waals surface area contributed by atoms with Crippen LogP contribution in [0.3, 0.4) is 0 Å². The molecule has 0 aliphatic heterocycles. The van der Waals surface area contributed by atoms with Crippen molar-refractivity contribution in [1.29, 1.82) is 5.26 Å². The van der Waals surface area contributed by atoms with Gasteiger partial charge >= 0.3 is 0 Å². The Morgan fingerprint density at radius 3 is 2.92 bits per heavy atom. The van der Waals surface area contributed by atoms with Gasteiger partial charge in [0.15, 0.2) is 5.13 Å². The molecule has 1 N–H and O–H groups in total. The standard InChI is InChI=1S/C19H15N3O2S/c1-12-5-6-13(2)16(8-12)17-11-25-19(21-17)22-18(23)14(10-20)9-15-4-3-7-24-15/h3-9,11H,1-2H3,(H,21,22,23)/b14-9+. The minimum Gasteiger partial charge on any atom is -0.465 e. The summed E-state index contributed by atoms with van der Waals surface area (Å²) in [5.74, 6) is -0.0670. The average Bonchev–Trinajstić information content (AvgIpc) is 3.26. The normalized spacial score (nSPS) is 11.2. The van der Waals surface area contributed by atoms with Crippen LogP contribution in [0.2, 0.25) is 0 Å². The maximum Gasteiger partial charge on any atom is 0.268 e. The first-order valence-electron chi connectivity index (χ1n) is 7.56. The second kappa shape index (κ2) is 7.16. The SMILES string of the molecule is Cc1ccc(C)c(-c2csc(NC(=O)/C(C#N)=C/c3ccco3)n2)c1. The van der Waals surface area contributed by atoms with E-state index < -0.39 is 5.91 Å². The zero-order chi connectivity index (χ0) is 17.8. The molecule has 0 aliphatic rings. The van der Waals surface area contributed by atoms with Crippen molar-refractivity contribution >= 4 is 28.5 Å². The van der Waals surface area contributed by atoms with E-state index in [1.54, 1.807) is 12.1 Å². The number of carbonyl (C=O) groups excluding carboxylic acids is 1. The first-order valence-corrected chi connectivity index (χ1v) is 8.44. The van der Waals surface area contributed by atoms with Gasteiger partial charge in [0.25, 0.3) is 5.91 Å². The zero-order valence-electron chi connectivity index (χ0n) is 13.7. The maximum absolute atomic E-state index is 12.3. The number of rotatable bonds is 4. The van der Waals surface area contributed by atoms with Gasteiger partial charge < -0.3 is 4.42 Å². The van der Waals surface area contributed by atoms with E-state index in [4.69, 9.17) is 4.42 Å². The van der Waals surface area contributed by atoms with E-state index in [2.05, 4.69) is 16.4 Å². The van der Waals surface area contributed by atoms with Crippen LogP contribution in [0.25, 0.3) is 17.3 Å². The minimum absolute atomic E-state index is 0.0431. The summed E-state index contributed by atoms with van der Waals surface area (Å²) in [7, 11) is 0. The quantitative estimate of drug-likeness (QED) is 0.553. The fourth-order valence-electron chi connectivity index (χ4n) is 2.30. The molecule has 0 spiro atoms. The second-order valence-electron chi connectivity index (χ2n) is 5.50. The topological polar surface area (TPSA) is 78.9 Å². The van der Waals surface area contributed by atoms with Gasteiger partial charge in [0.2, 0.25) is 0 Å². The van der Waals surface area contributed by atoms with Crippen molar-refractivity contribution in [3.05, 3.63) is 64.4 Å². The van der Waals surface area contributed by atoms with E-state index in [1.807, 2.05) is 37.4 Å². The third kappa shape index (κ3) is 3.84. The predicted molar refractivity (Wildman–Crippen MR) is 98.0 cm³/mol. The summed E-state index contributed by atoms with van der Waals surface area (Å²) < 4.78 is 5.13. The van der Waals surface area contributed by atoms with E-state index in [0.717, 1.165) is 22.4 Å². The summed E-state index contributed by atoms with van der Waals surface area (Å²) in [6.07, 6.45) is 2.88. The molecule has 0 aliphatic carbocycles. The van der Waals surface area contributed by atoms with Crippen LogP contribution in [0.1, 0.15) is 16.9 Å². The van der Waals surface area contributed by atoms with Crippen molar-refractivity contribution in [3.8, 4) is 17.3 Å². The Bertz CT molecular complexity index is 979. The van der Waals surface area contributed by atoms with E-state index in [1.165, 1.54) is 23.7 Å². The molecule has 2 heterocycles. The van der Waals surface area contributed by atoms with Gasteiger partial charge in [-0.15, -0.1) is 11.3 Å². The van der Waals surface area contributed by atoms with Gasteiger partial charge in [0.1, 0.15) is 17.4 Å². The largest absolute Gasteiger partial charge is 0.465 e. The van der Waals surface area contributed by atoms with Gasteiger partial charge in [0, 0.05) is 17.0 Å². The molecule has 5 nitrogen and oxygen atoms in total. The summed E-state index contributed by atoms with van der Waals surface area (Å²) in [6.45, 7) is 4.04. The molecule has 0 saturated carbocycles. The highest BCUT2D eigenvalue weighted by Gasteiger charge is 2.14. The lowest BCUT2D eigenvalue weighted by atomic mass is 10.0. The number of hydrogen-bond donors (Lipinski definition) is 1. The van der Waals surface area contributed by atoms with Crippen molar-refractivity contribution in [1.82, 2.24) is 4.98 Å². The molecular weight excluding hydrogens is 334 g/mol. The molecule has 1 amide bonds. The van der Waals surface area contributed by atoms with Crippen molar-refractivity contribution in [2.75, 3.05) is 5.32 Å². The Labute approximate surface area is 149 Å². The molecule has 2 aromatic heterocycles. The molecule has 0 bridgehead atoms. The number of nitriles is 1. The number of thiazole rings is 1. The van der Waals surface area contributed by atoms with Crippen LogP contribution >= 0.6 is 11.3 Å². The first-order chi connectivity index (χ1) is 12.1. The van der Waals surface area contributed by atoms with E-state index in [9.17, 15) is 10.1 Å². The Hall–Kier alpha value is -3.17. The lowest BCUT2D eigenvalue weighted by Gasteiger charge is -2.04. The third-order valence-electron chi connectivity index (χ3n) is 3.59. The van der Waals surface area contributed by atoms with Crippen molar-refractivity contribution < 1.29 is 9.21 Å². The highest BCUT2D eigenvalue weighted by atomic mass is 32.1. The van der Waals surface area contributed by atoms with Crippen LogP contribution in [0, 0.1) is 25.2 Å². The summed E-state index contributed by atoms with van der Waals surface area (Å²) in [4.78, 5) is 16.7. The lowest BCUT2D eigenvalue weighted by Crippen LogP contribution is -2.13. The van der Waals surface area contributed by atoms with Crippen LogP contribution in [-0.4, -0.2) is 10.9 Å². The summed E-state index contributed by atoms with van der Waals surface area (Å²) in [6, 6.07) is 11.4. The smallest absolute Gasteiger partial charge is 0.268 e. The number of nitrogens with zero attached hydrogens (tertiary/aromatic N) is 2. The molecule has 0 fully saturated rings. The van der Waals surface area contributed by atoms with Gasteiger partial charge in [-0.25, -0.2) is 4.98 Å². The van der Waals surface area contributed by atoms with Gasteiger partial charge in [-0.1, -0.05) is 17.7 Å². The lowest BCUT2D eigenvalue weighted by molar-refractivity contribution is -0.112. The predicted octanol–water partition coefficient (Wildman–Crippen LogP) is 4.57. The van der Waals surface area contributed by atoms with Crippen molar-refractivity contribution in [2.45, 2.75) is 13.8 Å². The van der Waals surface area contributed by atoms with E-state index in [-0.39, 0.29) is 5.57 Å². The molecule has 25 heavy (non-hydrogen) atoms. The monoisotopic (exact) mass is 349 g/mol. The van der Waals surface area contributed by atoms with Crippen molar-refractivity contribution in [3.63, 3.8) is 0 Å². The second-order valence-corrected chi connectivity index (χ2v) is 6.35. The Kier molecular flexibility index (Phi) is 4.78. The molecule has 1 aromatic carbocycles. The summed E-state index contributed by atoms with van der Waals surface area (Å²) in [5, 5.41) is 14.2. The number of aromatic nitrogens is 1. The summed E-state index contributed by atoms with van der Waals surface area (Å²) >= 11 is 1.32. The summed E-state index contributed by atoms with van der Waals surface area (Å²) in [5.41, 5.74) is 4.05. The van der Waals surface area contributed by atoms with E-state index in [0.29, 0.717) is 10.9 Å². The number of amides is 1. The van der Waals surface area contributed by atoms with Gasteiger partial charge in [-0.2, -0.15) is 5.26 Å². The van der Waals surface area contributed by atoms with Crippen LogP contribution in [-0.2, 0) is 4.79 Å². The molecule has 0 unspecified atom stereocenters. The first kappa shape index (κ1) is 16.7. The molecule has 0 radical (unpaired) electrons. The highest BCUT2D eigenvalue weighted by Crippen LogP contribution is 2.28. The van der Waals surface area contributed by atoms with Crippen LogP contribution < -0.4 is 5.32 Å². The van der Waals surface area contributed by atoms with Gasteiger partial charge in [-0.05, 0) is 37.6 Å². The minimum atomic E-state index is -0.513. The number of furan rings is 1. The molecule has 0 saturated heterocycles. The van der Waals surface area contributed by atoms with Crippen molar-refractivity contribution in [2.24, 2.45) is 0 Å². The Morgan fingerprint density at radius 1 is 1.36 bits per heavy atom. The molecule has 3 aromatic rings.